The van der Waals surface area contributed by atoms with Crippen LogP contribution in [0, 0.1) is 32.5 Å². The maximum absolute atomic E-state index is 5.91. The van der Waals surface area contributed by atoms with Gasteiger partial charge < -0.3 is 8.83 Å². The minimum absolute atomic E-state index is 0.0801. The molecule has 4 aromatic heterocycles. The van der Waals surface area contributed by atoms with E-state index in [0.717, 1.165) is 22.3 Å². The summed E-state index contributed by atoms with van der Waals surface area (Å²) < 4.78 is 17.2. The van der Waals surface area contributed by atoms with Crippen LogP contribution in [0.3, 0.4) is 0 Å². The average Bonchev–Trinajstić information content (AvgIpc) is 1.58. The molecular weight excluding hydrogens is 1830 g/mol. The van der Waals surface area contributed by atoms with E-state index in [0.29, 0.717) is 32.5 Å². The third-order valence-corrected chi connectivity index (χ3v) is 25.6. The second kappa shape index (κ2) is 48.8. The summed E-state index contributed by atoms with van der Waals surface area (Å²) in [7, 11) is 0. The van der Waals surface area contributed by atoms with E-state index in [9.17, 15) is 0 Å². The number of benzene rings is 18. The van der Waals surface area contributed by atoms with Gasteiger partial charge in [0.1, 0.15) is 22.3 Å². The minimum Gasteiger partial charge on any atom is -0.456 e. The molecule has 0 aliphatic heterocycles. The van der Waals surface area contributed by atoms with Gasteiger partial charge in [0.15, 0.2) is 0 Å². The van der Waals surface area contributed by atoms with Gasteiger partial charge in [-0.05, 0) is 223 Å². The van der Waals surface area contributed by atoms with Crippen LogP contribution < -0.4 is 0 Å². The van der Waals surface area contributed by atoms with Gasteiger partial charge in [-0.25, -0.2) is 0 Å². The van der Waals surface area contributed by atoms with Crippen LogP contribution in [0.4, 0.5) is 0 Å². The number of fused-ring (bicyclic) bond motifs is 18. The van der Waals surface area contributed by atoms with Crippen molar-refractivity contribution in [3.8, 4) is 89.0 Å². The fraction of sp³-hybridized carbons (Fsp3) is 0.250. The fourth-order valence-electron chi connectivity index (χ4n) is 17.2. The molecule has 4 heteroatoms. The van der Waals surface area contributed by atoms with Gasteiger partial charge in [-0.2, -0.15) is 0 Å². The second-order valence-corrected chi connectivity index (χ2v) is 51.5. The van der Waals surface area contributed by atoms with Crippen molar-refractivity contribution in [1.82, 2.24) is 0 Å². The summed E-state index contributed by atoms with van der Waals surface area (Å²) in [6, 6.07) is 154. The van der Waals surface area contributed by atoms with Crippen LogP contribution in [0.2, 0.25) is 0 Å². The highest BCUT2D eigenvalue weighted by Gasteiger charge is 2.37. The van der Waals surface area contributed by atoms with E-state index in [2.05, 4.69) is 582 Å². The SMILES string of the molecule is CC(C)(C)C.CC(C)(C)C.CC(C)(C)C.CC(C)(C)C.CC(C)(C)C.CC(C)(C)C.CC1(C)c2ccccc2-c2cc(-c3ccccc3)ccc21.CC1(C)c2ccccc2-c2ccc(-c3ccccc3)cc21.c1ccc(-c2ccc3c(c2)oc2ccccc23)cc1.c1ccc(-c2ccc3c(c2)sc2ccccc23)cc1.c1ccc(-c2ccc3oc4ccccc4c3c2)cc1.c1ccc(-c2ccc3sc4ccccc4c3c2)cc1. The predicted molar refractivity (Wildman–Crippen MR) is 658 cm³/mol. The molecule has 148 heavy (non-hydrogen) atoms. The molecule has 2 nitrogen and oxygen atoms in total. The Hall–Kier alpha value is -14.0. The van der Waals surface area contributed by atoms with Crippen LogP contribution in [0.25, 0.3) is 173 Å². The number of para-hydroxylation sites is 2. The maximum atomic E-state index is 5.91. The molecule has 0 bridgehead atoms. The van der Waals surface area contributed by atoms with E-state index in [1.807, 2.05) is 71.2 Å². The van der Waals surface area contributed by atoms with E-state index in [4.69, 9.17) is 8.83 Å². The van der Waals surface area contributed by atoms with Gasteiger partial charge in [-0.1, -0.05) is 552 Å². The number of thiophene rings is 2. The molecule has 0 fully saturated rings. The normalized spacial score (nSPS) is 12.3. The van der Waals surface area contributed by atoms with Crippen molar-refractivity contribution in [3.63, 3.8) is 0 Å². The molecule has 2 aliphatic rings. The molecule has 0 unspecified atom stereocenters. The van der Waals surface area contributed by atoms with E-state index >= 15 is 0 Å². The number of hydrogen-bond acceptors (Lipinski definition) is 4. The summed E-state index contributed by atoms with van der Waals surface area (Å²) in [5.41, 5.74) is 33.4. The Balaban J connectivity index is 0.000000140. The summed E-state index contributed by atoms with van der Waals surface area (Å²) in [4.78, 5) is 0. The molecule has 0 spiro atoms. The van der Waals surface area contributed by atoms with Gasteiger partial charge in [-0.3, -0.25) is 0 Å². The standard InChI is InChI=1S/2C21H18.2C18H12O.2C18H12S.6C5H12/c1-21(2)19-11-7-6-10-17(19)18-14-16(12-13-20(18)21)15-8-4-3-5-9-15;1-21(2)19-11-7-6-10-17(19)18-13-12-16(14-20(18)21)15-8-4-3-5-9-15;1-2-6-13(7-3-1)14-10-11-18-16(12-14)15-8-4-5-9-17(15)19-18;1-2-6-13(7-3-1)14-10-11-16-15-8-4-5-9-17(15)19-18(16)12-14;1-2-6-13(7-3-1)14-10-11-18-16(12-14)15-8-4-5-9-17(15)19-18;1-2-6-13(7-3-1)14-10-11-16-15-8-4-5-9-17(15)19-18(16)12-14;6*1-5(2,3)4/h2*3-14H,1-2H3;4*1-12H;6*1-4H3. The first-order chi connectivity index (χ1) is 70.0. The molecule has 22 aromatic rings. The monoisotopic (exact) mass is 1980 g/mol. The van der Waals surface area contributed by atoms with E-state index in [1.54, 1.807) is 0 Å². The third kappa shape index (κ3) is 32.0. The van der Waals surface area contributed by atoms with Crippen molar-refractivity contribution in [2.75, 3.05) is 0 Å². The van der Waals surface area contributed by atoms with Crippen LogP contribution in [-0.2, 0) is 10.8 Å². The van der Waals surface area contributed by atoms with Gasteiger partial charge in [0, 0.05) is 72.7 Å². The van der Waals surface area contributed by atoms with E-state index < -0.39 is 0 Å². The zero-order valence-corrected chi connectivity index (χ0v) is 94.8. The Labute approximate surface area is 894 Å². The molecule has 24 rings (SSSR count). The van der Waals surface area contributed by atoms with Crippen LogP contribution in [0.1, 0.15) is 216 Å². The molecular formula is C144H156O2S2. The Morgan fingerprint density at radius 2 is 0.392 bits per heavy atom. The van der Waals surface area contributed by atoms with Crippen molar-refractivity contribution in [1.29, 1.82) is 0 Å². The van der Waals surface area contributed by atoms with E-state index in [-0.39, 0.29) is 10.8 Å². The summed E-state index contributed by atoms with van der Waals surface area (Å²) in [5.74, 6) is 0. The molecule has 2 aliphatic carbocycles. The van der Waals surface area contributed by atoms with Gasteiger partial charge in [0.2, 0.25) is 0 Å². The van der Waals surface area contributed by atoms with E-state index in [1.165, 1.54) is 173 Å². The Kier molecular flexibility index (Phi) is 36.6. The second-order valence-electron chi connectivity index (χ2n) is 49.3. The highest BCUT2D eigenvalue weighted by Crippen LogP contribution is 2.52. The molecule has 756 valence electrons. The smallest absolute Gasteiger partial charge is 0.136 e. The Morgan fingerprint density at radius 1 is 0.149 bits per heavy atom. The lowest BCUT2D eigenvalue weighted by Crippen LogP contribution is -2.14. The average molecular weight is 1980 g/mol. The van der Waals surface area contributed by atoms with Crippen molar-refractivity contribution in [2.24, 2.45) is 32.5 Å². The van der Waals surface area contributed by atoms with Crippen molar-refractivity contribution >= 4 is 107 Å². The summed E-state index contributed by atoms with van der Waals surface area (Å²) in [6.45, 7) is 61.8. The largest absolute Gasteiger partial charge is 0.456 e. The van der Waals surface area contributed by atoms with Crippen LogP contribution >= 0.6 is 22.7 Å². The van der Waals surface area contributed by atoms with Gasteiger partial charge in [0.05, 0.1) is 0 Å². The minimum atomic E-state index is 0.0801. The van der Waals surface area contributed by atoms with Crippen LogP contribution in [-0.4, -0.2) is 0 Å². The van der Waals surface area contributed by atoms with Crippen molar-refractivity contribution in [3.05, 3.63) is 459 Å². The fourth-order valence-corrected chi connectivity index (χ4v) is 19.4. The number of hydrogen-bond donors (Lipinski definition) is 0. The lowest BCUT2D eigenvalue weighted by Gasteiger charge is -2.22. The van der Waals surface area contributed by atoms with Crippen molar-refractivity contribution in [2.45, 2.75) is 205 Å². The Morgan fingerprint density at radius 3 is 0.824 bits per heavy atom. The quantitative estimate of drug-likeness (QED) is 0.166. The molecule has 0 amide bonds. The lowest BCUT2D eigenvalue weighted by molar-refractivity contribution is 0.469. The van der Waals surface area contributed by atoms with Gasteiger partial charge in [0.25, 0.3) is 0 Å². The zero-order chi connectivity index (χ0) is 107. The van der Waals surface area contributed by atoms with Crippen LogP contribution in [0.15, 0.2) is 446 Å². The first-order valence-corrected chi connectivity index (χ1v) is 54.1. The molecule has 0 atom stereocenters. The predicted octanol–water partition coefficient (Wildman–Crippen LogP) is 45.6. The number of furan rings is 2. The van der Waals surface area contributed by atoms with Crippen molar-refractivity contribution < 1.29 is 8.83 Å². The zero-order valence-electron chi connectivity index (χ0n) is 93.2. The molecule has 0 N–H and O–H groups in total. The summed E-state index contributed by atoms with van der Waals surface area (Å²) in [6.07, 6.45) is 0. The third-order valence-electron chi connectivity index (χ3n) is 23.3. The highest BCUT2D eigenvalue weighted by atomic mass is 32.1. The van der Waals surface area contributed by atoms with Crippen LogP contribution in [0.5, 0.6) is 0 Å². The van der Waals surface area contributed by atoms with Gasteiger partial charge >= 0.3 is 0 Å². The topological polar surface area (TPSA) is 26.3 Å². The van der Waals surface area contributed by atoms with Gasteiger partial charge in [-0.15, -0.1) is 22.7 Å². The molecule has 4 heterocycles. The summed E-state index contributed by atoms with van der Waals surface area (Å²) >= 11 is 3.74. The molecule has 18 aromatic carbocycles. The molecule has 0 saturated heterocycles. The highest BCUT2D eigenvalue weighted by molar-refractivity contribution is 7.26. The number of rotatable bonds is 6. The summed E-state index contributed by atoms with van der Waals surface area (Å²) in [5, 5.41) is 10.2. The first-order valence-electron chi connectivity index (χ1n) is 52.5. The molecule has 0 saturated carbocycles. The lowest BCUT2D eigenvalue weighted by atomic mass is 9.81. The molecule has 0 radical (unpaired) electrons. The first kappa shape index (κ1) is 111. The Bertz CT molecular complexity index is 7580. The maximum Gasteiger partial charge on any atom is 0.136 e.